The Morgan fingerprint density at radius 3 is 2.68 bits per heavy atom. The number of nitrogens with one attached hydrogen (secondary N) is 1. The average molecular weight is 341 g/mol. The predicted molar refractivity (Wildman–Crippen MR) is 87.7 cm³/mol. The van der Waals surface area contributed by atoms with Crippen LogP contribution in [0.2, 0.25) is 0 Å². The van der Waals surface area contributed by atoms with Gasteiger partial charge in [0.25, 0.3) is 0 Å². The topological polar surface area (TPSA) is 121 Å². The van der Waals surface area contributed by atoms with Gasteiger partial charge in [0, 0.05) is 6.42 Å². The molecule has 2 heterocycles. The van der Waals surface area contributed by atoms with Gasteiger partial charge in [-0.3, -0.25) is 10.1 Å². The summed E-state index contributed by atoms with van der Waals surface area (Å²) in [5, 5.41) is 21.1. The number of amides is 1. The Morgan fingerprint density at radius 1 is 1.16 bits per heavy atom. The third-order valence-electron chi connectivity index (χ3n) is 3.36. The molecule has 0 aliphatic rings. The van der Waals surface area contributed by atoms with Crippen molar-refractivity contribution in [3.63, 3.8) is 0 Å². The molecule has 3 rings (SSSR count). The van der Waals surface area contributed by atoms with Crippen LogP contribution in [-0.4, -0.2) is 35.4 Å². The highest BCUT2D eigenvalue weighted by Crippen LogP contribution is 2.07. The Labute approximate surface area is 142 Å². The Bertz CT molecular complexity index is 872. The van der Waals surface area contributed by atoms with Crippen LogP contribution in [0.5, 0.6) is 0 Å². The van der Waals surface area contributed by atoms with Gasteiger partial charge in [0.15, 0.2) is 0 Å². The quantitative estimate of drug-likeness (QED) is 0.513. The molecule has 10 heteroatoms. The minimum absolute atomic E-state index is 0.103. The number of rotatable bonds is 7. The van der Waals surface area contributed by atoms with E-state index in [0.717, 1.165) is 5.56 Å². The van der Waals surface area contributed by atoms with Gasteiger partial charge in [0.05, 0.1) is 30.5 Å². The second kappa shape index (κ2) is 7.34. The van der Waals surface area contributed by atoms with Crippen LogP contribution in [0.25, 0.3) is 0 Å². The van der Waals surface area contributed by atoms with E-state index < -0.39 is 4.92 Å². The summed E-state index contributed by atoms with van der Waals surface area (Å²) >= 11 is 0. The Balaban J connectivity index is 1.50. The van der Waals surface area contributed by atoms with E-state index >= 15 is 0 Å². The average Bonchev–Trinajstić information content (AvgIpc) is 3.23. The molecule has 0 saturated heterocycles. The molecule has 1 N–H and O–H groups in total. The van der Waals surface area contributed by atoms with E-state index in [1.165, 1.54) is 16.9 Å². The van der Waals surface area contributed by atoms with Gasteiger partial charge in [0.1, 0.15) is 6.33 Å². The van der Waals surface area contributed by atoms with Crippen LogP contribution in [0.4, 0.5) is 11.8 Å². The van der Waals surface area contributed by atoms with Crippen LogP contribution in [0.15, 0.2) is 48.9 Å². The predicted octanol–water partition coefficient (Wildman–Crippen LogP) is 1.46. The normalized spacial score (nSPS) is 10.6. The number of carbonyl (C=O) groups excluding carboxylic acids is 1. The van der Waals surface area contributed by atoms with Gasteiger partial charge in [-0.15, -0.1) is 5.10 Å². The largest absolute Gasteiger partial charge is 0.389 e. The molecule has 128 valence electrons. The van der Waals surface area contributed by atoms with Crippen molar-refractivity contribution in [3.05, 3.63) is 64.6 Å². The first-order valence-corrected chi connectivity index (χ1v) is 7.51. The Kier molecular flexibility index (Phi) is 4.79. The number of hydrogen-bond donors (Lipinski definition) is 1. The lowest BCUT2D eigenvalue weighted by molar-refractivity contribution is -0.389. The van der Waals surface area contributed by atoms with Gasteiger partial charge in [-0.1, -0.05) is 30.3 Å². The van der Waals surface area contributed by atoms with E-state index in [1.54, 1.807) is 11.0 Å². The Hall–Kier alpha value is -3.56. The molecule has 1 amide bonds. The SMILES string of the molecule is O=C(CCn1ccc([N+](=O)[O-])n1)Nc1ncn(Cc2ccccc2)n1. The molecule has 0 bridgehead atoms. The van der Waals surface area contributed by atoms with Gasteiger partial charge in [0.2, 0.25) is 11.9 Å². The summed E-state index contributed by atoms with van der Waals surface area (Å²) in [4.78, 5) is 25.9. The van der Waals surface area contributed by atoms with Crippen molar-refractivity contribution in [2.24, 2.45) is 0 Å². The summed E-state index contributed by atoms with van der Waals surface area (Å²) < 4.78 is 2.97. The number of benzene rings is 1. The molecule has 25 heavy (non-hydrogen) atoms. The lowest BCUT2D eigenvalue weighted by atomic mass is 10.2. The van der Waals surface area contributed by atoms with Gasteiger partial charge in [-0.05, 0) is 10.5 Å². The standard InChI is InChI=1S/C15H15N7O3/c23-14(7-9-20-8-6-13(18-20)22(24)25)17-15-16-11-21(19-15)10-12-4-2-1-3-5-12/h1-6,8,11H,7,9-10H2,(H,17,19,23). The molecule has 3 aromatic rings. The molecule has 0 fully saturated rings. The maximum atomic E-state index is 11.9. The number of carbonyl (C=O) groups is 1. The molecule has 0 unspecified atom stereocenters. The molecule has 0 spiro atoms. The van der Waals surface area contributed by atoms with Crippen molar-refractivity contribution in [2.45, 2.75) is 19.5 Å². The van der Waals surface area contributed by atoms with Gasteiger partial charge >= 0.3 is 5.82 Å². The van der Waals surface area contributed by atoms with Gasteiger partial charge in [-0.2, -0.15) is 4.68 Å². The molecule has 0 aliphatic carbocycles. The molecule has 0 aliphatic heterocycles. The highest BCUT2D eigenvalue weighted by molar-refractivity contribution is 5.88. The van der Waals surface area contributed by atoms with Crippen LogP contribution >= 0.6 is 0 Å². The number of aromatic nitrogens is 5. The van der Waals surface area contributed by atoms with Crippen molar-refractivity contribution in [1.29, 1.82) is 0 Å². The summed E-state index contributed by atoms with van der Waals surface area (Å²) in [6, 6.07) is 11.0. The van der Waals surface area contributed by atoms with Crippen molar-refractivity contribution in [2.75, 3.05) is 5.32 Å². The van der Waals surface area contributed by atoms with Gasteiger partial charge < -0.3 is 10.1 Å². The van der Waals surface area contributed by atoms with Crippen LogP contribution < -0.4 is 5.32 Å². The number of aryl methyl sites for hydroxylation is 1. The first-order chi connectivity index (χ1) is 12.1. The van der Waals surface area contributed by atoms with E-state index in [2.05, 4.69) is 20.5 Å². The number of nitrogens with zero attached hydrogens (tertiary/aromatic N) is 6. The van der Waals surface area contributed by atoms with E-state index in [4.69, 9.17) is 0 Å². The molecular weight excluding hydrogens is 326 g/mol. The fourth-order valence-electron chi connectivity index (χ4n) is 2.17. The number of hydrogen-bond acceptors (Lipinski definition) is 6. The van der Waals surface area contributed by atoms with E-state index in [-0.39, 0.29) is 30.6 Å². The van der Waals surface area contributed by atoms with Gasteiger partial charge in [-0.25, -0.2) is 9.67 Å². The van der Waals surface area contributed by atoms with Crippen molar-refractivity contribution < 1.29 is 9.72 Å². The molecule has 0 radical (unpaired) electrons. The summed E-state index contributed by atoms with van der Waals surface area (Å²) in [5.74, 6) is -0.329. The second-order valence-electron chi connectivity index (χ2n) is 5.24. The summed E-state index contributed by atoms with van der Waals surface area (Å²) in [5.41, 5.74) is 1.07. The van der Waals surface area contributed by atoms with Crippen molar-refractivity contribution in [3.8, 4) is 0 Å². The van der Waals surface area contributed by atoms with E-state index in [1.807, 2.05) is 30.3 Å². The fraction of sp³-hybridized carbons (Fsp3) is 0.200. The summed E-state index contributed by atoms with van der Waals surface area (Å²) in [6.45, 7) is 0.783. The van der Waals surface area contributed by atoms with Crippen molar-refractivity contribution >= 4 is 17.7 Å². The first-order valence-electron chi connectivity index (χ1n) is 7.51. The third kappa shape index (κ3) is 4.47. The molecule has 10 nitrogen and oxygen atoms in total. The molecular formula is C15H15N7O3. The van der Waals surface area contributed by atoms with Crippen molar-refractivity contribution in [1.82, 2.24) is 24.5 Å². The smallest absolute Gasteiger partial charge is 0.358 e. The van der Waals surface area contributed by atoms with Crippen LogP contribution in [0.1, 0.15) is 12.0 Å². The highest BCUT2D eigenvalue weighted by atomic mass is 16.6. The number of anilines is 1. The van der Waals surface area contributed by atoms with Crippen LogP contribution in [0.3, 0.4) is 0 Å². The maximum absolute atomic E-state index is 11.9. The van der Waals surface area contributed by atoms with E-state index in [0.29, 0.717) is 6.54 Å². The fourth-order valence-corrected chi connectivity index (χ4v) is 2.17. The Morgan fingerprint density at radius 2 is 1.96 bits per heavy atom. The summed E-state index contributed by atoms with van der Waals surface area (Å²) in [6.07, 6.45) is 3.10. The molecule has 0 saturated carbocycles. The minimum atomic E-state index is -0.583. The van der Waals surface area contributed by atoms with Crippen LogP contribution in [0, 0.1) is 10.1 Å². The highest BCUT2D eigenvalue weighted by Gasteiger charge is 2.12. The zero-order valence-corrected chi connectivity index (χ0v) is 13.1. The summed E-state index contributed by atoms with van der Waals surface area (Å²) in [7, 11) is 0. The maximum Gasteiger partial charge on any atom is 0.389 e. The second-order valence-corrected chi connectivity index (χ2v) is 5.24. The minimum Gasteiger partial charge on any atom is -0.358 e. The lowest BCUT2D eigenvalue weighted by Gasteiger charge is -2.01. The monoisotopic (exact) mass is 341 g/mol. The first kappa shape index (κ1) is 16.3. The van der Waals surface area contributed by atoms with E-state index in [9.17, 15) is 14.9 Å². The zero-order chi connectivity index (χ0) is 17.6. The molecule has 0 atom stereocenters. The molecule has 2 aromatic heterocycles. The molecule has 1 aromatic carbocycles. The lowest BCUT2D eigenvalue weighted by Crippen LogP contribution is -2.16. The van der Waals surface area contributed by atoms with Crippen LogP contribution in [-0.2, 0) is 17.9 Å². The number of nitro groups is 1. The third-order valence-corrected chi connectivity index (χ3v) is 3.36. The zero-order valence-electron chi connectivity index (χ0n) is 13.1.